The van der Waals surface area contributed by atoms with E-state index in [1.807, 2.05) is 24.3 Å². The first-order valence-corrected chi connectivity index (χ1v) is 9.22. The molecule has 0 radical (unpaired) electrons. The van der Waals surface area contributed by atoms with Crippen LogP contribution in [-0.2, 0) is 0 Å². The van der Waals surface area contributed by atoms with Crippen LogP contribution in [0.4, 0.5) is 0 Å². The van der Waals surface area contributed by atoms with Crippen LogP contribution in [0.1, 0.15) is 51.9 Å². The van der Waals surface area contributed by atoms with E-state index in [9.17, 15) is 0 Å². The molecular weight excluding hydrogens is 294 g/mol. The van der Waals surface area contributed by atoms with Gasteiger partial charge < -0.3 is 9.64 Å². The van der Waals surface area contributed by atoms with E-state index in [1.54, 1.807) is 0 Å². The molecule has 1 heterocycles. The number of unbranched alkanes of at least 4 members (excludes halogenated alkanes) is 4. The first kappa shape index (κ1) is 17.6. The van der Waals surface area contributed by atoms with Gasteiger partial charge in [-0.15, -0.1) is 0 Å². The highest BCUT2D eigenvalue weighted by atomic mass is 35.5. The smallest absolute Gasteiger partial charge is 0.120 e. The van der Waals surface area contributed by atoms with Crippen molar-refractivity contribution in [2.75, 3.05) is 26.2 Å². The molecule has 1 saturated heterocycles. The molecule has 0 aliphatic carbocycles. The summed E-state index contributed by atoms with van der Waals surface area (Å²) in [4.78, 5) is 2.65. The Kier molecular flexibility index (Phi) is 8.11. The van der Waals surface area contributed by atoms with Crippen molar-refractivity contribution in [1.29, 1.82) is 0 Å². The summed E-state index contributed by atoms with van der Waals surface area (Å²) in [6, 6.07) is 7.64. The minimum absolute atomic E-state index is 0.740. The zero-order chi connectivity index (χ0) is 15.6. The monoisotopic (exact) mass is 323 g/mol. The molecule has 0 N–H and O–H groups in total. The van der Waals surface area contributed by atoms with Crippen LogP contribution in [0, 0.1) is 5.92 Å². The van der Waals surface area contributed by atoms with Gasteiger partial charge in [0.15, 0.2) is 0 Å². The van der Waals surface area contributed by atoms with Crippen LogP contribution in [0.2, 0.25) is 5.02 Å². The molecule has 1 aromatic rings. The van der Waals surface area contributed by atoms with Crippen LogP contribution >= 0.6 is 11.6 Å². The third-order valence-electron chi connectivity index (χ3n) is 4.42. The summed E-state index contributed by atoms with van der Waals surface area (Å²) in [5, 5.41) is 0.740. The highest BCUT2D eigenvalue weighted by molar-refractivity contribution is 6.30. The molecule has 0 bridgehead atoms. The Bertz CT molecular complexity index is 424. The third kappa shape index (κ3) is 7.02. The van der Waals surface area contributed by atoms with Crippen LogP contribution in [0.5, 0.6) is 5.75 Å². The van der Waals surface area contributed by atoms with E-state index >= 15 is 0 Å². The van der Waals surface area contributed by atoms with E-state index in [0.29, 0.717) is 0 Å². The lowest BCUT2D eigenvalue weighted by Gasteiger charge is -2.30. The quantitative estimate of drug-likeness (QED) is 0.564. The summed E-state index contributed by atoms with van der Waals surface area (Å²) in [7, 11) is 0. The zero-order valence-electron chi connectivity index (χ0n) is 13.9. The van der Waals surface area contributed by atoms with Crippen LogP contribution in [0.3, 0.4) is 0 Å². The number of benzene rings is 1. The van der Waals surface area contributed by atoms with Gasteiger partial charge in [-0.2, -0.15) is 0 Å². The van der Waals surface area contributed by atoms with Crippen LogP contribution in [0.25, 0.3) is 0 Å². The average molecular weight is 324 g/mol. The number of ether oxygens (including phenoxy) is 1. The second-order valence-corrected chi connectivity index (χ2v) is 7.06. The van der Waals surface area contributed by atoms with Crippen LogP contribution < -0.4 is 4.74 Å². The maximum absolute atomic E-state index is 5.93. The molecule has 124 valence electrons. The second kappa shape index (κ2) is 10.1. The minimum atomic E-state index is 0.740. The van der Waals surface area contributed by atoms with Gasteiger partial charge in [0.05, 0.1) is 6.61 Å². The standard InChI is InChI=1S/C19H30ClNO/c1-17-9-8-13-21(16-17)12-5-3-2-4-6-14-22-19-11-7-10-18(20)15-19/h7,10-11,15,17H,2-6,8-9,12-14,16H2,1H3. The number of piperidine rings is 1. The summed E-state index contributed by atoms with van der Waals surface area (Å²) < 4.78 is 5.71. The number of nitrogens with zero attached hydrogens (tertiary/aromatic N) is 1. The van der Waals surface area contributed by atoms with Crippen molar-refractivity contribution in [3.8, 4) is 5.75 Å². The first-order chi connectivity index (χ1) is 10.7. The molecule has 0 saturated carbocycles. The molecule has 0 amide bonds. The number of rotatable bonds is 9. The Morgan fingerprint density at radius 1 is 1.18 bits per heavy atom. The molecule has 0 aromatic heterocycles. The highest BCUT2D eigenvalue weighted by Gasteiger charge is 2.15. The highest BCUT2D eigenvalue weighted by Crippen LogP contribution is 2.18. The largest absolute Gasteiger partial charge is 0.494 e. The number of halogens is 1. The van der Waals surface area contributed by atoms with Gasteiger partial charge in [0, 0.05) is 11.6 Å². The lowest BCUT2D eigenvalue weighted by atomic mass is 10.00. The van der Waals surface area contributed by atoms with E-state index in [1.165, 1.54) is 58.2 Å². The maximum atomic E-state index is 5.93. The molecule has 1 aliphatic rings. The van der Waals surface area contributed by atoms with Crippen molar-refractivity contribution in [3.05, 3.63) is 29.3 Å². The molecule has 1 aliphatic heterocycles. The molecule has 1 fully saturated rings. The topological polar surface area (TPSA) is 12.5 Å². The van der Waals surface area contributed by atoms with Gasteiger partial charge in [0.2, 0.25) is 0 Å². The molecule has 1 aromatic carbocycles. The van der Waals surface area contributed by atoms with Gasteiger partial charge in [-0.25, -0.2) is 0 Å². The Morgan fingerprint density at radius 3 is 2.82 bits per heavy atom. The predicted octanol–water partition coefficient (Wildman–Crippen LogP) is 5.40. The Labute approximate surface area is 140 Å². The second-order valence-electron chi connectivity index (χ2n) is 6.62. The van der Waals surface area contributed by atoms with Crippen molar-refractivity contribution in [3.63, 3.8) is 0 Å². The van der Waals surface area contributed by atoms with E-state index < -0.39 is 0 Å². The summed E-state index contributed by atoms with van der Waals surface area (Å²) in [6.45, 7) is 7.10. The van der Waals surface area contributed by atoms with E-state index in [2.05, 4.69) is 11.8 Å². The SMILES string of the molecule is CC1CCCN(CCCCCCCOc2cccc(Cl)c2)C1. The fourth-order valence-electron chi connectivity index (χ4n) is 3.20. The summed E-state index contributed by atoms with van der Waals surface area (Å²) in [5.74, 6) is 1.78. The van der Waals surface area contributed by atoms with Crippen LogP contribution in [-0.4, -0.2) is 31.1 Å². The van der Waals surface area contributed by atoms with Gasteiger partial charge in [-0.05, 0) is 62.9 Å². The molecule has 2 nitrogen and oxygen atoms in total. The third-order valence-corrected chi connectivity index (χ3v) is 4.66. The molecular formula is C19H30ClNO. The van der Waals surface area contributed by atoms with Crippen molar-refractivity contribution in [2.45, 2.75) is 51.9 Å². The number of hydrogen-bond donors (Lipinski definition) is 0. The van der Waals surface area contributed by atoms with Gasteiger partial charge in [0.1, 0.15) is 5.75 Å². The molecule has 22 heavy (non-hydrogen) atoms. The summed E-state index contributed by atoms with van der Waals surface area (Å²) in [5.41, 5.74) is 0. The van der Waals surface area contributed by atoms with E-state index in [0.717, 1.165) is 29.7 Å². The van der Waals surface area contributed by atoms with Gasteiger partial charge in [-0.1, -0.05) is 43.9 Å². The minimum Gasteiger partial charge on any atom is -0.494 e. The zero-order valence-corrected chi connectivity index (χ0v) is 14.7. The Morgan fingerprint density at radius 2 is 2.00 bits per heavy atom. The molecule has 2 rings (SSSR count). The normalized spacial score (nSPS) is 19.3. The fraction of sp³-hybridized carbons (Fsp3) is 0.684. The number of hydrogen-bond acceptors (Lipinski definition) is 2. The Hall–Kier alpha value is -0.730. The number of likely N-dealkylation sites (tertiary alicyclic amines) is 1. The lowest BCUT2D eigenvalue weighted by Crippen LogP contribution is -2.34. The molecule has 1 atom stereocenters. The first-order valence-electron chi connectivity index (χ1n) is 8.85. The van der Waals surface area contributed by atoms with Crippen LogP contribution in [0.15, 0.2) is 24.3 Å². The molecule has 3 heteroatoms. The summed E-state index contributed by atoms with van der Waals surface area (Å²) in [6.07, 6.45) is 9.22. The van der Waals surface area contributed by atoms with Crippen molar-refractivity contribution in [1.82, 2.24) is 4.90 Å². The van der Waals surface area contributed by atoms with Crippen molar-refractivity contribution < 1.29 is 4.74 Å². The molecule has 0 spiro atoms. The maximum Gasteiger partial charge on any atom is 0.120 e. The van der Waals surface area contributed by atoms with Gasteiger partial charge in [0.25, 0.3) is 0 Å². The fourth-order valence-corrected chi connectivity index (χ4v) is 3.38. The average Bonchev–Trinajstić information content (AvgIpc) is 2.50. The Balaban J connectivity index is 1.43. The van der Waals surface area contributed by atoms with Gasteiger partial charge >= 0.3 is 0 Å². The van der Waals surface area contributed by atoms with Crippen molar-refractivity contribution in [2.24, 2.45) is 5.92 Å². The lowest BCUT2D eigenvalue weighted by molar-refractivity contribution is 0.180. The van der Waals surface area contributed by atoms with E-state index in [-0.39, 0.29) is 0 Å². The molecule has 1 unspecified atom stereocenters. The predicted molar refractivity (Wildman–Crippen MR) is 94.9 cm³/mol. The summed E-state index contributed by atoms with van der Waals surface area (Å²) >= 11 is 5.93. The van der Waals surface area contributed by atoms with Gasteiger partial charge in [-0.3, -0.25) is 0 Å². The van der Waals surface area contributed by atoms with E-state index in [4.69, 9.17) is 16.3 Å². The van der Waals surface area contributed by atoms with Crippen molar-refractivity contribution >= 4 is 11.6 Å².